The van der Waals surface area contributed by atoms with Gasteiger partial charge in [-0.25, -0.2) is 13.1 Å². The number of aryl methyl sites for hydroxylation is 1. The Balaban J connectivity index is 2.90. The number of nitrogens with one attached hydrogen (secondary N) is 1. The summed E-state index contributed by atoms with van der Waals surface area (Å²) in [5.74, 6) is 0. The molecule has 0 aliphatic heterocycles. The average Bonchev–Trinajstić information content (AvgIpc) is 2.24. The van der Waals surface area contributed by atoms with Crippen LogP contribution in [0.25, 0.3) is 0 Å². The molecule has 1 aromatic carbocycles. The van der Waals surface area contributed by atoms with Gasteiger partial charge in [-0.15, -0.1) is 0 Å². The van der Waals surface area contributed by atoms with Crippen LogP contribution in [0.1, 0.15) is 18.9 Å². The van der Waals surface area contributed by atoms with Crippen molar-refractivity contribution < 1.29 is 8.42 Å². The van der Waals surface area contributed by atoms with E-state index in [4.69, 9.17) is 5.73 Å². The maximum Gasteiger partial charge on any atom is 0.242 e. The second-order valence-electron chi connectivity index (χ2n) is 3.75. The molecule has 4 nitrogen and oxygen atoms in total. The summed E-state index contributed by atoms with van der Waals surface area (Å²) in [6, 6.07) is 5.06. The van der Waals surface area contributed by atoms with E-state index in [9.17, 15) is 8.42 Å². The Kier molecular flexibility index (Phi) is 4.72. The largest absolute Gasteiger partial charge is 0.398 e. The number of sulfonamides is 1. The third kappa shape index (κ3) is 3.57. The topological polar surface area (TPSA) is 72.2 Å². The highest BCUT2D eigenvalue weighted by molar-refractivity contribution is 7.89. The van der Waals surface area contributed by atoms with Gasteiger partial charge in [-0.2, -0.15) is 0 Å². The molecule has 0 bridgehead atoms. The average molecular weight is 254 g/mol. The van der Waals surface area contributed by atoms with Crippen LogP contribution in [0.3, 0.4) is 0 Å². The minimum Gasteiger partial charge on any atom is -0.398 e. The van der Waals surface area contributed by atoms with Crippen LogP contribution in [-0.2, 0) is 10.0 Å². The summed E-state index contributed by atoms with van der Waals surface area (Å²) in [7, 11) is -3.51. The molecule has 0 aromatic heterocycles. The summed E-state index contributed by atoms with van der Waals surface area (Å²) >= 11 is 0. The van der Waals surface area contributed by atoms with Crippen molar-refractivity contribution in [1.82, 2.24) is 4.72 Å². The first-order valence-electron chi connectivity index (χ1n) is 5.45. The van der Waals surface area contributed by atoms with Gasteiger partial charge < -0.3 is 5.73 Å². The fourth-order valence-electron chi connectivity index (χ4n) is 1.56. The highest BCUT2D eigenvalue weighted by Gasteiger charge is 2.18. The molecule has 0 amide bonds. The Bertz CT molecular complexity index is 487. The maximum absolute atomic E-state index is 12.0. The minimum absolute atomic E-state index is 0.181. The molecule has 0 aliphatic carbocycles. The van der Waals surface area contributed by atoms with E-state index in [0.717, 1.165) is 0 Å². The number of rotatable bonds is 5. The molecule has 17 heavy (non-hydrogen) atoms. The fraction of sp³-hybridized carbons (Fsp3) is 0.333. The van der Waals surface area contributed by atoms with Crippen LogP contribution in [0.15, 0.2) is 35.2 Å². The van der Waals surface area contributed by atoms with Crippen molar-refractivity contribution >= 4 is 15.7 Å². The first-order valence-corrected chi connectivity index (χ1v) is 6.93. The number of hydrogen-bond acceptors (Lipinski definition) is 3. The summed E-state index contributed by atoms with van der Waals surface area (Å²) in [5.41, 5.74) is 6.64. The van der Waals surface area contributed by atoms with E-state index in [2.05, 4.69) is 4.72 Å². The van der Waals surface area contributed by atoms with Gasteiger partial charge in [0.25, 0.3) is 0 Å². The predicted octanol–water partition coefficient (Wildman–Crippen LogP) is 1.82. The van der Waals surface area contributed by atoms with Gasteiger partial charge in [0, 0.05) is 6.54 Å². The van der Waals surface area contributed by atoms with E-state index in [1.807, 2.05) is 19.1 Å². The number of allylic oxidation sites excluding steroid dienone is 1. The second-order valence-corrected chi connectivity index (χ2v) is 5.45. The van der Waals surface area contributed by atoms with Crippen molar-refractivity contribution in [3.63, 3.8) is 0 Å². The molecule has 0 saturated carbocycles. The van der Waals surface area contributed by atoms with Crippen LogP contribution in [-0.4, -0.2) is 15.0 Å². The van der Waals surface area contributed by atoms with Crippen molar-refractivity contribution in [1.29, 1.82) is 0 Å². The van der Waals surface area contributed by atoms with E-state index < -0.39 is 10.0 Å². The Labute approximate surface area is 103 Å². The Morgan fingerprint density at radius 2 is 2.12 bits per heavy atom. The summed E-state index contributed by atoms with van der Waals surface area (Å²) in [6.07, 6.45) is 4.46. The van der Waals surface area contributed by atoms with E-state index in [0.29, 0.717) is 18.5 Å². The lowest BCUT2D eigenvalue weighted by Gasteiger charge is -2.10. The molecule has 0 atom stereocenters. The lowest BCUT2D eigenvalue weighted by atomic mass is 10.2. The Morgan fingerprint density at radius 1 is 1.41 bits per heavy atom. The Hall–Kier alpha value is -1.33. The van der Waals surface area contributed by atoms with Gasteiger partial charge >= 0.3 is 0 Å². The quantitative estimate of drug-likeness (QED) is 0.478. The van der Waals surface area contributed by atoms with Crippen molar-refractivity contribution in [2.24, 2.45) is 0 Å². The van der Waals surface area contributed by atoms with Gasteiger partial charge in [0.15, 0.2) is 0 Å². The Morgan fingerprint density at radius 3 is 2.71 bits per heavy atom. The van der Waals surface area contributed by atoms with E-state index in [1.54, 1.807) is 25.1 Å². The van der Waals surface area contributed by atoms with Gasteiger partial charge in [0.1, 0.15) is 4.90 Å². The van der Waals surface area contributed by atoms with Gasteiger partial charge in [0.05, 0.1) is 5.69 Å². The zero-order valence-electron chi connectivity index (χ0n) is 10.1. The number of hydrogen-bond donors (Lipinski definition) is 2. The molecule has 5 heteroatoms. The number of nitrogen functional groups attached to an aromatic ring is 1. The maximum atomic E-state index is 12.0. The van der Waals surface area contributed by atoms with Gasteiger partial charge in [-0.1, -0.05) is 24.3 Å². The van der Waals surface area contributed by atoms with Gasteiger partial charge in [-0.3, -0.25) is 0 Å². The molecule has 1 rings (SSSR count). The normalized spacial score (nSPS) is 12.1. The van der Waals surface area contributed by atoms with Crippen molar-refractivity contribution in [3.05, 3.63) is 35.9 Å². The predicted molar refractivity (Wildman–Crippen MR) is 70.2 cm³/mol. The molecule has 0 heterocycles. The first kappa shape index (κ1) is 13.7. The molecule has 0 radical (unpaired) electrons. The molecule has 0 fully saturated rings. The van der Waals surface area contributed by atoms with Gasteiger partial charge in [0.2, 0.25) is 10.0 Å². The van der Waals surface area contributed by atoms with Crippen molar-refractivity contribution in [2.75, 3.05) is 12.3 Å². The molecule has 0 spiro atoms. The second kappa shape index (κ2) is 5.84. The molecular formula is C12H18N2O2S. The third-order valence-electron chi connectivity index (χ3n) is 2.35. The van der Waals surface area contributed by atoms with E-state index in [1.165, 1.54) is 0 Å². The van der Waals surface area contributed by atoms with E-state index >= 15 is 0 Å². The monoisotopic (exact) mass is 254 g/mol. The third-order valence-corrected chi connectivity index (χ3v) is 4.03. The van der Waals surface area contributed by atoms with Crippen LogP contribution < -0.4 is 10.5 Å². The van der Waals surface area contributed by atoms with Crippen LogP contribution >= 0.6 is 0 Å². The summed E-state index contributed by atoms with van der Waals surface area (Å²) in [4.78, 5) is 0.181. The minimum atomic E-state index is -3.51. The molecule has 0 saturated heterocycles. The fourth-order valence-corrected chi connectivity index (χ4v) is 2.96. The standard InChI is InChI=1S/C12H18N2O2S/c1-3-4-5-9-14-17(15,16)12-10(2)7-6-8-11(12)13/h3-4,6-8,14H,5,9,13H2,1-2H3/b4-3+. The smallest absolute Gasteiger partial charge is 0.242 e. The first-order chi connectivity index (χ1) is 7.99. The lowest BCUT2D eigenvalue weighted by Crippen LogP contribution is -2.26. The van der Waals surface area contributed by atoms with Crippen LogP contribution in [0.2, 0.25) is 0 Å². The zero-order valence-corrected chi connectivity index (χ0v) is 10.9. The van der Waals surface area contributed by atoms with Crippen LogP contribution in [0.5, 0.6) is 0 Å². The van der Waals surface area contributed by atoms with E-state index in [-0.39, 0.29) is 10.6 Å². The summed E-state index contributed by atoms with van der Waals surface area (Å²) in [6.45, 7) is 4.01. The zero-order chi connectivity index (χ0) is 12.9. The molecule has 3 N–H and O–H groups in total. The van der Waals surface area contributed by atoms with Crippen molar-refractivity contribution in [3.8, 4) is 0 Å². The summed E-state index contributed by atoms with van der Waals surface area (Å²) < 4.78 is 26.6. The molecule has 1 aromatic rings. The number of anilines is 1. The number of benzene rings is 1. The number of nitrogens with two attached hydrogens (primary N) is 1. The van der Waals surface area contributed by atoms with Crippen LogP contribution in [0, 0.1) is 6.92 Å². The van der Waals surface area contributed by atoms with Crippen molar-refractivity contribution in [2.45, 2.75) is 25.2 Å². The highest BCUT2D eigenvalue weighted by Crippen LogP contribution is 2.21. The lowest BCUT2D eigenvalue weighted by molar-refractivity contribution is 0.582. The van der Waals surface area contributed by atoms with Gasteiger partial charge in [-0.05, 0) is 31.9 Å². The molecule has 0 unspecified atom stereocenters. The SMILES string of the molecule is C/C=C/CCNS(=O)(=O)c1c(C)cccc1N. The summed E-state index contributed by atoms with van der Waals surface area (Å²) in [5, 5.41) is 0. The molecule has 0 aliphatic rings. The highest BCUT2D eigenvalue weighted by atomic mass is 32.2. The van der Waals surface area contributed by atoms with Crippen LogP contribution in [0.4, 0.5) is 5.69 Å². The molecule has 94 valence electrons. The molecular weight excluding hydrogens is 236 g/mol.